The predicted octanol–water partition coefficient (Wildman–Crippen LogP) is 4.99. The van der Waals surface area contributed by atoms with E-state index in [0.717, 1.165) is 22.7 Å². The monoisotopic (exact) mass is 337 g/mol. The van der Waals surface area contributed by atoms with Gasteiger partial charge in [0.25, 0.3) is 0 Å². The maximum absolute atomic E-state index is 4.98. The Hall–Kier alpha value is -0.640. The summed E-state index contributed by atoms with van der Waals surface area (Å²) in [5.74, 6) is 3.31. The Balaban J connectivity index is 1.97. The summed E-state index contributed by atoms with van der Waals surface area (Å²) in [7, 11) is 0. The van der Waals surface area contributed by atoms with E-state index in [9.17, 15) is 0 Å². The van der Waals surface area contributed by atoms with Crippen LogP contribution in [-0.4, -0.2) is 16.5 Å². The predicted molar refractivity (Wildman–Crippen MR) is 86.3 cm³/mol. The van der Waals surface area contributed by atoms with E-state index >= 15 is 0 Å². The average molecular weight is 338 g/mol. The quantitative estimate of drug-likeness (QED) is 0.841. The van der Waals surface area contributed by atoms with Crippen molar-refractivity contribution in [3.63, 3.8) is 0 Å². The fourth-order valence-electron chi connectivity index (χ4n) is 3.60. The molecule has 0 aromatic carbocycles. The largest absolute Gasteiger partial charge is 0.369 e. The van der Waals surface area contributed by atoms with E-state index in [1.807, 2.05) is 0 Å². The number of nitrogens with zero attached hydrogens (tertiary/aromatic N) is 2. The molecule has 110 valence electrons. The second-order valence-electron chi connectivity index (χ2n) is 6.12. The van der Waals surface area contributed by atoms with Crippen molar-refractivity contribution in [3.8, 4) is 0 Å². The van der Waals surface area contributed by atoms with Crippen molar-refractivity contribution in [2.75, 3.05) is 11.9 Å². The van der Waals surface area contributed by atoms with Gasteiger partial charge in [-0.2, -0.15) is 0 Å². The normalized spacial score (nSPS) is 20.7. The maximum atomic E-state index is 4.98. The molecule has 0 atom stereocenters. The van der Waals surface area contributed by atoms with Crippen LogP contribution < -0.4 is 5.32 Å². The van der Waals surface area contributed by atoms with Gasteiger partial charge in [-0.25, -0.2) is 9.97 Å². The first-order chi connectivity index (χ1) is 9.79. The summed E-state index contributed by atoms with van der Waals surface area (Å²) in [5.41, 5.74) is 1.26. The molecule has 0 unspecified atom stereocenters. The molecule has 4 heteroatoms. The number of hydrogen-bond acceptors (Lipinski definition) is 3. The molecule has 0 aliphatic heterocycles. The van der Waals surface area contributed by atoms with Gasteiger partial charge in [-0.3, -0.25) is 0 Å². The maximum Gasteiger partial charge on any atom is 0.144 e. The highest BCUT2D eigenvalue weighted by Gasteiger charge is 2.27. The minimum Gasteiger partial charge on any atom is -0.369 e. The van der Waals surface area contributed by atoms with Crippen molar-refractivity contribution in [3.05, 3.63) is 16.0 Å². The first kappa shape index (κ1) is 14.3. The molecule has 0 radical (unpaired) electrons. The van der Waals surface area contributed by atoms with Crippen molar-refractivity contribution in [1.82, 2.24) is 9.97 Å². The molecule has 0 amide bonds. The van der Waals surface area contributed by atoms with E-state index in [1.54, 1.807) is 0 Å². The molecule has 20 heavy (non-hydrogen) atoms. The number of halogens is 1. The highest BCUT2D eigenvalue weighted by Crippen LogP contribution is 2.41. The molecule has 0 saturated heterocycles. The second-order valence-corrected chi connectivity index (χ2v) is 6.92. The van der Waals surface area contributed by atoms with Gasteiger partial charge in [0, 0.05) is 18.4 Å². The van der Waals surface area contributed by atoms with Crippen molar-refractivity contribution < 1.29 is 0 Å². The summed E-state index contributed by atoms with van der Waals surface area (Å²) in [6.07, 6.45) is 10.4. The lowest BCUT2D eigenvalue weighted by atomic mass is 10.0. The molecule has 2 aliphatic carbocycles. The van der Waals surface area contributed by atoms with Gasteiger partial charge in [0.05, 0.1) is 10.2 Å². The zero-order valence-corrected chi connectivity index (χ0v) is 13.9. The van der Waals surface area contributed by atoms with Gasteiger partial charge < -0.3 is 5.32 Å². The van der Waals surface area contributed by atoms with E-state index in [0.29, 0.717) is 11.8 Å². The van der Waals surface area contributed by atoms with Crippen LogP contribution >= 0.6 is 15.9 Å². The molecule has 1 aromatic rings. The Labute approximate surface area is 130 Å². The molecule has 2 aliphatic rings. The Morgan fingerprint density at radius 3 is 2.20 bits per heavy atom. The van der Waals surface area contributed by atoms with Crippen LogP contribution in [0.2, 0.25) is 0 Å². The minimum atomic E-state index is 0.584. The van der Waals surface area contributed by atoms with Crippen molar-refractivity contribution in [1.29, 1.82) is 0 Å². The average Bonchev–Trinajstić information content (AvgIpc) is 3.14. The summed E-state index contributed by atoms with van der Waals surface area (Å²) in [4.78, 5) is 9.79. The molecule has 1 aromatic heterocycles. The van der Waals surface area contributed by atoms with Crippen LogP contribution in [0.1, 0.15) is 81.6 Å². The number of anilines is 1. The zero-order chi connectivity index (χ0) is 13.9. The number of nitrogens with one attached hydrogen (secondary N) is 1. The Morgan fingerprint density at radius 2 is 1.60 bits per heavy atom. The molecular formula is C16H24BrN3. The van der Waals surface area contributed by atoms with Crippen molar-refractivity contribution in [2.45, 2.75) is 70.1 Å². The molecule has 3 nitrogen and oxygen atoms in total. The molecule has 2 fully saturated rings. The number of hydrogen-bond donors (Lipinski definition) is 1. The third kappa shape index (κ3) is 2.85. The summed E-state index contributed by atoms with van der Waals surface area (Å²) >= 11 is 3.75. The fourth-order valence-corrected chi connectivity index (χ4v) is 4.24. The van der Waals surface area contributed by atoms with Crippen LogP contribution in [-0.2, 0) is 0 Å². The van der Waals surface area contributed by atoms with Gasteiger partial charge in [-0.05, 0) is 48.5 Å². The Kier molecular flexibility index (Phi) is 4.59. The lowest BCUT2D eigenvalue weighted by molar-refractivity contribution is 0.631. The van der Waals surface area contributed by atoms with E-state index in [4.69, 9.17) is 9.97 Å². The van der Waals surface area contributed by atoms with Crippen LogP contribution in [0.15, 0.2) is 4.47 Å². The second kappa shape index (κ2) is 6.42. The molecule has 1 N–H and O–H groups in total. The van der Waals surface area contributed by atoms with Gasteiger partial charge in [-0.15, -0.1) is 0 Å². The van der Waals surface area contributed by atoms with Crippen LogP contribution in [0.3, 0.4) is 0 Å². The van der Waals surface area contributed by atoms with Crippen molar-refractivity contribution in [2.24, 2.45) is 0 Å². The number of rotatable bonds is 4. The molecule has 2 saturated carbocycles. The lowest BCUT2D eigenvalue weighted by Crippen LogP contribution is -2.11. The topological polar surface area (TPSA) is 37.8 Å². The van der Waals surface area contributed by atoms with Crippen LogP contribution in [0.25, 0.3) is 0 Å². The first-order valence-electron chi connectivity index (χ1n) is 8.10. The van der Waals surface area contributed by atoms with Gasteiger partial charge >= 0.3 is 0 Å². The van der Waals surface area contributed by atoms with E-state index < -0.39 is 0 Å². The molecule has 0 bridgehead atoms. The van der Waals surface area contributed by atoms with Crippen LogP contribution in [0, 0.1) is 0 Å². The van der Waals surface area contributed by atoms with Crippen molar-refractivity contribution >= 4 is 21.7 Å². The molecule has 0 spiro atoms. The van der Waals surface area contributed by atoms with Gasteiger partial charge in [0.1, 0.15) is 11.6 Å². The zero-order valence-electron chi connectivity index (χ0n) is 12.3. The van der Waals surface area contributed by atoms with Crippen LogP contribution in [0.4, 0.5) is 5.82 Å². The highest BCUT2D eigenvalue weighted by molar-refractivity contribution is 9.10. The van der Waals surface area contributed by atoms with E-state index in [-0.39, 0.29) is 0 Å². The van der Waals surface area contributed by atoms with E-state index in [2.05, 4.69) is 28.2 Å². The number of aromatic nitrogens is 2. The summed E-state index contributed by atoms with van der Waals surface area (Å²) in [6.45, 7) is 3.03. The SMILES string of the molecule is CCNc1nc(C2CCCC2)nc(C2CCCC2)c1Br. The lowest BCUT2D eigenvalue weighted by Gasteiger charge is -2.18. The smallest absolute Gasteiger partial charge is 0.144 e. The third-order valence-electron chi connectivity index (χ3n) is 4.70. The van der Waals surface area contributed by atoms with Gasteiger partial charge in [-0.1, -0.05) is 25.7 Å². The standard InChI is InChI=1S/C16H24BrN3/c1-2-18-16-13(17)14(11-7-3-4-8-11)19-15(20-16)12-9-5-6-10-12/h11-12H,2-10H2,1H3,(H,18,19,20). The Morgan fingerprint density at radius 1 is 1.00 bits per heavy atom. The van der Waals surface area contributed by atoms with Gasteiger partial charge in [0.15, 0.2) is 0 Å². The summed E-state index contributed by atoms with van der Waals surface area (Å²) < 4.78 is 1.10. The van der Waals surface area contributed by atoms with E-state index in [1.165, 1.54) is 57.1 Å². The molecular weight excluding hydrogens is 314 g/mol. The first-order valence-corrected chi connectivity index (χ1v) is 8.90. The van der Waals surface area contributed by atoms with Gasteiger partial charge in [0.2, 0.25) is 0 Å². The third-order valence-corrected chi connectivity index (χ3v) is 5.48. The Bertz CT molecular complexity index is 463. The molecule has 3 rings (SSSR count). The molecule has 1 heterocycles. The highest BCUT2D eigenvalue weighted by atomic mass is 79.9. The fraction of sp³-hybridized carbons (Fsp3) is 0.750. The summed E-state index contributed by atoms with van der Waals surface area (Å²) in [6, 6.07) is 0. The van der Waals surface area contributed by atoms with Crippen LogP contribution in [0.5, 0.6) is 0 Å². The minimum absolute atomic E-state index is 0.584. The summed E-state index contributed by atoms with van der Waals surface area (Å²) in [5, 5.41) is 3.41.